The summed E-state index contributed by atoms with van der Waals surface area (Å²) in [6, 6.07) is 7.44. The van der Waals surface area contributed by atoms with Crippen molar-refractivity contribution >= 4 is 17.7 Å². The Morgan fingerprint density at radius 2 is 2.05 bits per heavy atom. The Morgan fingerprint density at radius 1 is 1.32 bits per heavy atom. The maximum atomic E-state index is 10.8. The molecular formula is C14H15ClN2O2. The van der Waals surface area contributed by atoms with Crippen molar-refractivity contribution in [2.45, 2.75) is 0 Å². The van der Waals surface area contributed by atoms with Crippen LogP contribution in [0.15, 0.2) is 24.3 Å². The van der Waals surface area contributed by atoms with E-state index in [0.29, 0.717) is 24.7 Å². The molecule has 1 aromatic carbocycles. The van der Waals surface area contributed by atoms with Crippen LogP contribution in [0.5, 0.6) is 0 Å². The number of carboxylic acid groups (broad SMARTS) is 1. The summed E-state index contributed by atoms with van der Waals surface area (Å²) < 4.78 is 0. The fourth-order valence-corrected chi connectivity index (χ4v) is 2.11. The van der Waals surface area contributed by atoms with Crippen molar-refractivity contribution in [3.8, 4) is 11.8 Å². The van der Waals surface area contributed by atoms with Gasteiger partial charge in [-0.2, -0.15) is 0 Å². The Balaban J connectivity index is 1.83. The van der Waals surface area contributed by atoms with E-state index in [9.17, 15) is 4.79 Å². The fraction of sp³-hybridized carbons (Fsp3) is 0.357. The molecule has 1 aliphatic heterocycles. The smallest absolute Gasteiger partial charge is 0.407 e. The molecule has 1 heterocycles. The Kier molecular flexibility index (Phi) is 4.67. The minimum Gasteiger partial charge on any atom is -0.465 e. The number of amides is 1. The molecule has 1 aromatic rings. The van der Waals surface area contributed by atoms with E-state index in [4.69, 9.17) is 16.7 Å². The van der Waals surface area contributed by atoms with Gasteiger partial charge in [0.25, 0.3) is 0 Å². The number of carbonyl (C=O) groups is 1. The second-order valence-electron chi connectivity index (χ2n) is 4.36. The van der Waals surface area contributed by atoms with Crippen LogP contribution in [0.4, 0.5) is 4.79 Å². The topological polar surface area (TPSA) is 43.8 Å². The molecule has 5 heteroatoms. The van der Waals surface area contributed by atoms with Crippen LogP contribution in [0, 0.1) is 11.8 Å². The summed E-state index contributed by atoms with van der Waals surface area (Å²) in [7, 11) is 0. The molecule has 1 saturated heterocycles. The molecular weight excluding hydrogens is 264 g/mol. The first kappa shape index (κ1) is 13.7. The molecule has 0 aliphatic carbocycles. The maximum Gasteiger partial charge on any atom is 0.407 e. The highest BCUT2D eigenvalue weighted by Gasteiger charge is 2.19. The van der Waals surface area contributed by atoms with E-state index in [1.54, 1.807) is 0 Å². The van der Waals surface area contributed by atoms with Crippen LogP contribution in [0.2, 0.25) is 5.02 Å². The van der Waals surface area contributed by atoms with Gasteiger partial charge in [0.2, 0.25) is 0 Å². The molecule has 0 radical (unpaired) electrons. The molecule has 0 unspecified atom stereocenters. The fourth-order valence-electron chi connectivity index (χ4n) is 1.92. The number of benzene rings is 1. The first-order valence-corrected chi connectivity index (χ1v) is 6.47. The summed E-state index contributed by atoms with van der Waals surface area (Å²) in [4.78, 5) is 14.3. The molecule has 0 aromatic heterocycles. The summed E-state index contributed by atoms with van der Waals surface area (Å²) >= 11 is 5.88. The highest BCUT2D eigenvalue weighted by Crippen LogP contribution is 2.09. The highest BCUT2D eigenvalue weighted by molar-refractivity contribution is 6.30. The van der Waals surface area contributed by atoms with Crippen molar-refractivity contribution in [1.29, 1.82) is 0 Å². The van der Waals surface area contributed by atoms with Crippen LogP contribution in [0.1, 0.15) is 5.56 Å². The molecule has 0 atom stereocenters. The summed E-state index contributed by atoms with van der Waals surface area (Å²) in [5.74, 6) is 6.15. The van der Waals surface area contributed by atoms with Gasteiger partial charge in [0.1, 0.15) is 0 Å². The quantitative estimate of drug-likeness (QED) is 0.799. The van der Waals surface area contributed by atoms with Crippen LogP contribution in [-0.4, -0.2) is 53.7 Å². The van der Waals surface area contributed by atoms with Crippen molar-refractivity contribution in [3.05, 3.63) is 34.9 Å². The summed E-state index contributed by atoms with van der Waals surface area (Å²) in [5, 5.41) is 9.52. The second kappa shape index (κ2) is 6.46. The molecule has 19 heavy (non-hydrogen) atoms. The number of hydrogen-bond acceptors (Lipinski definition) is 2. The van der Waals surface area contributed by atoms with Crippen molar-refractivity contribution in [1.82, 2.24) is 9.80 Å². The molecule has 0 bridgehead atoms. The molecule has 1 aliphatic rings. The largest absolute Gasteiger partial charge is 0.465 e. The van der Waals surface area contributed by atoms with Crippen LogP contribution in [-0.2, 0) is 0 Å². The standard InChI is InChI=1S/C14H15ClN2O2/c15-13-5-1-3-12(11-13)4-2-6-16-7-9-17(10-8-16)14(18)19/h1,3,5,11H,6-10H2,(H,18,19). The lowest BCUT2D eigenvalue weighted by Gasteiger charge is -2.31. The average molecular weight is 279 g/mol. The van der Waals surface area contributed by atoms with Gasteiger partial charge >= 0.3 is 6.09 Å². The van der Waals surface area contributed by atoms with E-state index in [1.165, 1.54) is 4.90 Å². The zero-order valence-electron chi connectivity index (χ0n) is 10.5. The van der Waals surface area contributed by atoms with E-state index in [2.05, 4.69) is 16.7 Å². The van der Waals surface area contributed by atoms with E-state index in [-0.39, 0.29) is 0 Å². The van der Waals surface area contributed by atoms with Crippen molar-refractivity contribution < 1.29 is 9.90 Å². The lowest BCUT2D eigenvalue weighted by molar-refractivity contribution is 0.111. The lowest BCUT2D eigenvalue weighted by atomic mass is 10.2. The van der Waals surface area contributed by atoms with Crippen LogP contribution in [0.25, 0.3) is 0 Å². The van der Waals surface area contributed by atoms with E-state index in [0.717, 1.165) is 18.7 Å². The zero-order valence-corrected chi connectivity index (χ0v) is 11.2. The van der Waals surface area contributed by atoms with Gasteiger partial charge < -0.3 is 10.0 Å². The summed E-state index contributed by atoms with van der Waals surface area (Å²) in [6.45, 7) is 3.22. The third-order valence-corrected chi connectivity index (χ3v) is 3.24. The minimum absolute atomic E-state index is 0.550. The zero-order chi connectivity index (χ0) is 13.7. The molecule has 1 amide bonds. The summed E-state index contributed by atoms with van der Waals surface area (Å²) in [6.07, 6.45) is -0.843. The van der Waals surface area contributed by atoms with Gasteiger partial charge in [0.15, 0.2) is 0 Å². The number of rotatable bonds is 1. The van der Waals surface area contributed by atoms with Crippen LogP contribution >= 0.6 is 11.6 Å². The van der Waals surface area contributed by atoms with E-state index in [1.807, 2.05) is 24.3 Å². The first-order valence-electron chi connectivity index (χ1n) is 6.10. The number of piperazine rings is 1. The van der Waals surface area contributed by atoms with Crippen LogP contribution in [0.3, 0.4) is 0 Å². The van der Waals surface area contributed by atoms with Crippen molar-refractivity contribution in [3.63, 3.8) is 0 Å². The molecule has 1 fully saturated rings. The van der Waals surface area contributed by atoms with E-state index >= 15 is 0 Å². The van der Waals surface area contributed by atoms with Gasteiger partial charge in [0.05, 0.1) is 6.54 Å². The predicted molar refractivity (Wildman–Crippen MR) is 74.4 cm³/mol. The number of nitrogens with zero attached hydrogens (tertiary/aromatic N) is 2. The molecule has 2 rings (SSSR count). The Bertz CT molecular complexity index is 514. The number of hydrogen-bond donors (Lipinski definition) is 1. The van der Waals surface area contributed by atoms with Crippen LogP contribution < -0.4 is 0 Å². The Hall–Kier alpha value is -1.70. The minimum atomic E-state index is -0.843. The second-order valence-corrected chi connectivity index (χ2v) is 4.79. The Labute approximate surface area is 117 Å². The van der Waals surface area contributed by atoms with Gasteiger partial charge in [-0.3, -0.25) is 4.90 Å². The van der Waals surface area contributed by atoms with Gasteiger partial charge in [-0.1, -0.05) is 29.5 Å². The summed E-state index contributed by atoms with van der Waals surface area (Å²) in [5.41, 5.74) is 0.900. The normalized spacial score (nSPS) is 15.7. The molecule has 1 N–H and O–H groups in total. The number of halogens is 1. The molecule has 0 spiro atoms. The first-order chi connectivity index (χ1) is 9.15. The average Bonchev–Trinajstić information content (AvgIpc) is 2.39. The Morgan fingerprint density at radius 3 is 2.68 bits per heavy atom. The van der Waals surface area contributed by atoms with Gasteiger partial charge in [-0.15, -0.1) is 0 Å². The molecule has 4 nitrogen and oxygen atoms in total. The SMILES string of the molecule is O=C(O)N1CCN(CC#Cc2cccc(Cl)c2)CC1. The van der Waals surface area contributed by atoms with Gasteiger partial charge in [-0.25, -0.2) is 4.79 Å². The van der Waals surface area contributed by atoms with Crippen molar-refractivity contribution in [2.24, 2.45) is 0 Å². The highest BCUT2D eigenvalue weighted by atomic mass is 35.5. The van der Waals surface area contributed by atoms with Crippen molar-refractivity contribution in [2.75, 3.05) is 32.7 Å². The maximum absolute atomic E-state index is 10.8. The van der Waals surface area contributed by atoms with Gasteiger partial charge in [-0.05, 0) is 18.2 Å². The molecule has 0 saturated carbocycles. The van der Waals surface area contributed by atoms with E-state index < -0.39 is 6.09 Å². The van der Waals surface area contributed by atoms with Gasteiger partial charge in [0, 0.05) is 36.8 Å². The third-order valence-electron chi connectivity index (χ3n) is 3.00. The lowest BCUT2D eigenvalue weighted by Crippen LogP contribution is -2.48. The molecule has 100 valence electrons. The third kappa shape index (κ3) is 4.16. The predicted octanol–water partition coefficient (Wildman–Crippen LogP) is 1.99. The monoisotopic (exact) mass is 278 g/mol.